The third-order valence-electron chi connectivity index (χ3n) is 4.14. The Morgan fingerprint density at radius 2 is 1.88 bits per heavy atom. The molecule has 10 nitrogen and oxygen atoms in total. The van der Waals surface area contributed by atoms with E-state index >= 15 is 0 Å². The highest BCUT2D eigenvalue weighted by Gasteiger charge is 2.41. The molecule has 0 aliphatic heterocycles. The van der Waals surface area contributed by atoms with Gasteiger partial charge in [-0.2, -0.15) is 28.5 Å². The number of aromatic nitrogens is 7. The number of hydrogen-bond donors (Lipinski definition) is 1. The standard InChI is InChI=1S/C18H12ClF3N8O2/c1-32-17-13(3-2-4-23-17)29-14(18(20,21)22)11(9-27-29)16(31)28-10-7-12(19)15(24-8-10)30-25-5-6-26-30/h2-9H,1H3,(H,28,31). The van der Waals surface area contributed by atoms with Gasteiger partial charge in [0.05, 0.1) is 48.2 Å². The summed E-state index contributed by atoms with van der Waals surface area (Å²) in [6, 6.07) is 4.07. The molecule has 0 bridgehead atoms. The Bertz CT molecular complexity index is 1270. The second kappa shape index (κ2) is 8.26. The van der Waals surface area contributed by atoms with Gasteiger partial charge in [-0.25, -0.2) is 14.6 Å². The predicted molar refractivity (Wildman–Crippen MR) is 105 cm³/mol. The van der Waals surface area contributed by atoms with Gasteiger partial charge >= 0.3 is 6.18 Å². The molecule has 0 spiro atoms. The van der Waals surface area contributed by atoms with Gasteiger partial charge in [-0.3, -0.25) is 4.79 Å². The second-order valence-electron chi connectivity index (χ2n) is 6.15. The Kier molecular flexibility index (Phi) is 5.48. The van der Waals surface area contributed by atoms with Gasteiger partial charge in [0, 0.05) is 6.20 Å². The van der Waals surface area contributed by atoms with Gasteiger partial charge in [-0.05, 0) is 18.2 Å². The van der Waals surface area contributed by atoms with Crippen LogP contribution in [0.3, 0.4) is 0 Å². The summed E-state index contributed by atoms with van der Waals surface area (Å²) >= 11 is 6.14. The molecule has 4 rings (SSSR count). The number of ether oxygens (including phenoxy) is 1. The summed E-state index contributed by atoms with van der Waals surface area (Å²) in [4.78, 5) is 21.8. The van der Waals surface area contributed by atoms with E-state index < -0.39 is 23.3 Å². The van der Waals surface area contributed by atoms with Crippen molar-refractivity contribution in [2.45, 2.75) is 6.18 Å². The van der Waals surface area contributed by atoms with Crippen molar-refractivity contribution in [3.63, 3.8) is 0 Å². The molecule has 0 radical (unpaired) electrons. The lowest BCUT2D eigenvalue weighted by atomic mass is 10.2. The SMILES string of the molecule is COc1ncccc1-n1ncc(C(=O)Nc2cnc(-n3nccn3)c(Cl)c2)c1C(F)(F)F. The third kappa shape index (κ3) is 3.97. The maximum absolute atomic E-state index is 13.9. The van der Waals surface area contributed by atoms with Crippen LogP contribution in [0.4, 0.5) is 18.9 Å². The number of carbonyl (C=O) groups is 1. The van der Waals surface area contributed by atoms with E-state index in [4.69, 9.17) is 16.3 Å². The minimum Gasteiger partial charge on any atom is -0.479 e. The summed E-state index contributed by atoms with van der Waals surface area (Å²) in [6.45, 7) is 0. The van der Waals surface area contributed by atoms with Crippen LogP contribution in [0, 0.1) is 0 Å². The van der Waals surface area contributed by atoms with Gasteiger partial charge in [0.1, 0.15) is 5.69 Å². The Morgan fingerprint density at radius 1 is 1.12 bits per heavy atom. The minimum absolute atomic E-state index is 0.0655. The van der Waals surface area contributed by atoms with E-state index in [0.29, 0.717) is 4.68 Å². The minimum atomic E-state index is -4.91. The van der Waals surface area contributed by atoms with Crippen LogP contribution < -0.4 is 10.1 Å². The molecule has 4 aromatic heterocycles. The van der Waals surface area contributed by atoms with Gasteiger partial charge in [0.25, 0.3) is 5.91 Å². The lowest BCUT2D eigenvalue weighted by molar-refractivity contribution is -0.143. The van der Waals surface area contributed by atoms with Crippen LogP contribution in [0.5, 0.6) is 5.88 Å². The first-order valence-corrected chi connectivity index (χ1v) is 9.15. The molecule has 32 heavy (non-hydrogen) atoms. The summed E-state index contributed by atoms with van der Waals surface area (Å²) in [7, 11) is 1.26. The number of halogens is 4. The Balaban J connectivity index is 1.69. The second-order valence-corrected chi connectivity index (χ2v) is 6.56. The van der Waals surface area contributed by atoms with Crippen molar-refractivity contribution in [2.75, 3.05) is 12.4 Å². The first-order valence-electron chi connectivity index (χ1n) is 8.77. The molecule has 0 aliphatic rings. The summed E-state index contributed by atoms with van der Waals surface area (Å²) in [5.41, 5.74) is -2.02. The lowest BCUT2D eigenvalue weighted by Crippen LogP contribution is -2.21. The van der Waals surface area contributed by atoms with Gasteiger partial charge in [-0.1, -0.05) is 11.6 Å². The largest absolute Gasteiger partial charge is 0.479 e. The van der Waals surface area contributed by atoms with Crippen molar-refractivity contribution in [3.8, 4) is 17.4 Å². The van der Waals surface area contributed by atoms with E-state index in [1.54, 1.807) is 0 Å². The fourth-order valence-electron chi connectivity index (χ4n) is 2.84. The van der Waals surface area contributed by atoms with Crippen LogP contribution in [0.1, 0.15) is 16.1 Å². The molecule has 0 unspecified atom stereocenters. The zero-order valence-electron chi connectivity index (χ0n) is 16.1. The van der Waals surface area contributed by atoms with E-state index in [1.165, 1.54) is 50.1 Å². The highest BCUT2D eigenvalue weighted by Crippen LogP contribution is 2.35. The Labute approximate surface area is 182 Å². The molecule has 0 saturated heterocycles. The first kappa shape index (κ1) is 21.2. The molecule has 14 heteroatoms. The average Bonchev–Trinajstić information content (AvgIpc) is 3.44. The van der Waals surface area contributed by atoms with Crippen molar-refractivity contribution in [1.82, 2.24) is 34.7 Å². The molecule has 0 saturated carbocycles. The number of nitrogens with zero attached hydrogens (tertiary/aromatic N) is 7. The molecular formula is C18H12ClF3N8O2. The molecular weight excluding hydrogens is 453 g/mol. The van der Waals surface area contributed by atoms with Crippen molar-refractivity contribution >= 4 is 23.2 Å². The first-order chi connectivity index (χ1) is 15.3. The topological polar surface area (TPSA) is 113 Å². The van der Waals surface area contributed by atoms with Crippen molar-refractivity contribution in [1.29, 1.82) is 0 Å². The van der Waals surface area contributed by atoms with Gasteiger partial charge in [0.15, 0.2) is 11.5 Å². The number of carbonyl (C=O) groups excluding carboxylic acids is 1. The molecule has 164 valence electrons. The van der Waals surface area contributed by atoms with Crippen LogP contribution in [0.15, 0.2) is 49.2 Å². The highest BCUT2D eigenvalue weighted by molar-refractivity contribution is 6.32. The van der Waals surface area contributed by atoms with E-state index in [9.17, 15) is 18.0 Å². The molecule has 1 amide bonds. The molecule has 1 N–H and O–H groups in total. The zero-order chi connectivity index (χ0) is 22.9. The summed E-state index contributed by atoms with van der Waals surface area (Å²) in [5, 5.41) is 13.9. The number of pyridine rings is 2. The van der Waals surface area contributed by atoms with Crippen LogP contribution in [-0.2, 0) is 6.18 Å². The van der Waals surface area contributed by atoms with Crippen molar-refractivity contribution in [3.05, 3.63) is 65.5 Å². The quantitative estimate of drug-likeness (QED) is 0.482. The smallest absolute Gasteiger partial charge is 0.434 e. The Morgan fingerprint density at radius 3 is 2.53 bits per heavy atom. The normalized spacial score (nSPS) is 11.4. The van der Waals surface area contributed by atoms with E-state index in [-0.39, 0.29) is 28.1 Å². The lowest BCUT2D eigenvalue weighted by Gasteiger charge is -2.14. The van der Waals surface area contributed by atoms with Crippen molar-refractivity contribution < 1.29 is 22.7 Å². The van der Waals surface area contributed by atoms with Gasteiger partial charge < -0.3 is 10.1 Å². The van der Waals surface area contributed by atoms with Crippen LogP contribution in [0.2, 0.25) is 5.02 Å². The van der Waals surface area contributed by atoms with Crippen LogP contribution in [-0.4, -0.2) is 47.8 Å². The van der Waals surface area contributed by atoms with E-state index in [1.807, 2.05) is 0 Å². The fourth-order valence-corrected chi connectivity index (χ4v) is 3.08. The molecule has 0 aliphatic carbocycles. The zero-order valence-corrected chi connectivity index (χ0v) is 16.8. The van der Waals surface area contributed by atoms with Crippen LogP contribution in [0.25, 0.3) is 11.5 Å². The molecule has 0 atom stereocenters. The highest BCUT2D eigenvalue weighted by atomic mass is 35.5. The summed E-state index contributed by atoms with van der Waals surface area (Å²) in [6.07, 6.45) is 1.30. The number of methoxy groups -OCH3 is 1. The number of anilines is 1. The molecule has 4 aromatic rings. The maximum Gasteiger partial charge on any atom is 0.434 e. The fraction of sp³-hybridized carbons (Fsp3) is 0.111. The Hall–Kier alpha value is -4.00. The summed E-state index contributed by atoms with van der Waals surface area (Å²) < 4.78 is 47.2. The van der Waals surface area contributed by atoms with Gasteiger partial charge in [0.2, 0.25) is 5.88 Å². The monoisotopic (exact) mass is 464 g/mol. The number of alkyl halides is 3. The van der Waals surface area contributed by atoms with Crippen LogP contribution >= 0.6 is 11.6 Å². The summed E-state index contributed by atoms with van der Waals surface area (Å²) in [5.74, 6) is -0.969. The third-order valence-corrected chi connectivity index (χ3v) is 4.42. The predicted octanol–water partition coefficient (Wildman–Crippen LogP) is 3.18. The molecule has 4 heterocycles. The molecule has 0 aromatic carbocycles. The number of hydrogen-bond acceptors (Lipinski definition) is 7. The van der Waals surface area contributed by atoms with Gasteiger partial charge in [-0.15, -0.1) is 4.80 Å². The number of rotatable bonds is 5. The average molecular weight is 465 g/mol. The number of amides is 1. The maximum atomic E-state index is 13.9. The number of nitrogens with one attached hydrogen (secondary N) is 1. The van der Waals surface area contributed by atoms with E-state index in [2.05, 4.69) is 30.6 Å². The molecule has 0 fully saturated rings. The van der Waals surface area contributed by atoms with Crippen molar-refractivity contribution in [2.24, 2.45) is 0 Å². The van der Waals surface area contributed by atoms with E-state index in [0.717, 1.165) is 11.0 Å².